The van der Waals surface area contributed by atoms with Gasteiger partial charge in [0.15, 0.2) is 0 Å². The molecule has 1 saturated carbocycles. The molecule has 0 radical (unpaired) electrons. The Hall–Kier alpha value is -1.06. The van der Waals surface area contributed by atoms with Gasteiger partial charge in [-0.1, -0.05) is 39.0 Å². The molecule has 1 aliphatic carbocycles. The van der Waals surface area contributed by atoms with E-state index in [-0.39, 0.29) is 5.97 Å². The Morgan fingerprint density at radius 1 is 1.28 bits per heavy atom. The average Bonchev–Trinajstić information content (AvgIpc) is 2.36. The largest absolute Gasteiger partial charge is 0.481 e. The first-order chi connectivity index (χ1) is 8.56. The quantitative estimate of drug-likeness (QED) is 0.742. The van der Waals surface area contributed by atoms with Crippen molar-refractivity contribution in [2.24, 2.45) is 17.8 Å². The molecule has 0 amide bonds. The highest BCUT2D eigenvalue weighted by Crippen LogP contribution is 2.32. The Labute approximate surface area is 109 Å². The van der Waals surface area contributed by atoms with Crippen LogP contribution in [0.15, 0.2) is 0 Å². The van der Waals surface area contributed by atoms with Crippen LogP contribution in [0.1, 0.15) is 52.4 Å². The van der Waals surface area contributed by atoms with Crippen molar-refractivity contribution in [1.82, 2.24) is 0 Å². The summed E-state index contributed by atoms with van der Waals surface area (Å²) >= 11 is 0. The maximum absolute atomic E-state index is 11.6. The first kappa shape index (κ1) is 15.0. The fraction of sp³-hybridized carbons (Fsp3) is 0.857. The van der Waals surface area contributed by atoms with Crippen LogP contribution in [-0.4, -0.2) is 23.7 Å². The molecule has 104 valence electrons. The highest BCUT2D eigenvalue weighted by Gasteiger charge is 2.33. The summed E-state index contributed by atoms with van der Waals surface area (Å²) < 4.78 is 4.92. The zero-order valence-electron chi connectivity index (χ0n) is 11.4. The van der Waals surface area contributed by atoms with Gasteiger partial charge >= 0.3 is 11.9 Å². The maximum atomic E-state index is 11.6. The number of hydrogen-bond acceptors (Lipinski definition) is 3. The molecule has 0 spiro atoms. The van der Waals surface area contributed by atoms with Crippen LogP contribution in [0.3, 0.4) is 0 Å². The molecule has 18 heavy (non-hydrogen) atoms. The van der Waals surface area contributed by atoms with E-state index < -0.39 is 17.8 Å². The van der Waals surface area contributed by atoms with Crippen molar-refractivity contribution in [3.05, 3.63) is 0 Å². The summed E-state index contributed by atoms with van der Waals surface area (Å²) in [4.78, 5) is 23.0. The number of aliphatic carboxylic acids is 1. The van der Waals surface area contributed by atoms with Gasteiger partial charge in [0.05, 0.1) is 18.4 Å². The number of esters is 1. The number of hydrogen-bond donors (Lipinski definition) is 1. The average molecular weight is 256 g/mol. The topological polar surface area (TPSA) is 63.6 Å². The SMILES string of the molecule is CCOC(=O)[C@@H](C)[C@@H](CC1CCCCC1)C(=O)O. The molecule has 0 heterocycles. The lowest BCUT2D eigenvalue weighted by Gasteiger charge is -2.26. The Balaban J connectivity index is 2.57. The summed E-state index contributed by atoms with van der Waals surface area (Å²) in [6.45, 7) is 3.71. The molecule has 0 unspecified atom stereocenters. The lowest BCUT2D eigenvalue weighted by molar-refractivity contribution is -0.157. The highest BCUT2D eigenvalue weighted by molar-refractivity contribution is 5.80. The molecule has 2 atom stereocenters. The maximum Gasteiger partial charge on any atom is 0.309 e. The lowest BCUT2D eigenvalue weighted by Crippen LogP contribution is -2.31. The first-order valence-corrected chi connectivity index (χ1v) is 6.95. The minimum absolute atomic E-state index is 0.305. The van der Waals surface area contributed by atoms with E-state index in [1.54, 1.807) is 13.8 Å². The summed E-state index contributed by atoms with van der Waals surface area (Å²) in [6, 6.07) is 0. The van der Waals surface area contributed by atoms with E-state index in [1.165, 1.54) is 19.3 Å². The van der Waals surface area contributed by atoms with E-state index in [1.807, 2.05) is 0 Å². The zero-order valence-corrected chi connectivity index (χ0v) is 11.4. The molecule has 0 saturated heterocycles. The predicted octanol–water partition coefficient (Wildman–Crippen LogP) is 2.86. The molecule has 0 aromatic carbocycles. The Morgan fingerprint density at radius 2 is 1.89 bits per heavy atom. The number of carbonyl (C=O) groups excluding carboxylic acids is 1. The highest BCUT2D eigenvalue weighted by atomic mass is 16.5. The summed E-state index contributed by atoms with van der Waals surface area (Å²) in [7, 11) is 0. The molecule has 4 heteroatoms. The normalized spacial score (nSPS) is 20.1. The standard InChI is InChI=1S/C14H24O4/c1-3-18-14(17)10(2)12(13(15)16)9-11-7-5-4-6-8-11/h10-12H,3-9H2,1-2H3,(H,15,16)/t10-,12+/m0/s1. The van der Waals surface area contributed by atoms with E-state index in [0.717, 1.165) is 12.8 Å². The van der Waals surface area contributed by atoms with Crippen molar-refractivity contribution in [2.45, 2.75) is 52.4 Å². The van der Waals surface area contributed by atoms with E-state index in [0.29, 0.717) is 18.9 Å². The number of carboxylic acid groups (broad SMARTS) is 1. The van der Waals surface area contributed by atoms with E-state index in [9.17, 15) is 14.7 Å². The van der Waals surface area contributed by atoms with Gasteiger partial charge in [-0.25, -0.2) is 0 Å². The second kappa shape index (κ2) is 7.39. The van der Waals surface area contributed by atoms with Crippen LogP contribution >= 0.6 is 0 Å². The third-order valence-electron chi connectivity index (χ3n) is 3.89. The Morgan fingerprint density at radius 3 is 2.39 bits per heavy atom. The van der Waals surface area contributed by atoms with E-state index in [2.05, 4.69) is 0 Å². The molecule has 1 rings (SSSR count). The number of rotatable bonds is 6. The van der Waals surface area contributed by atoms with Gasteiger partial charge in [0.25, 0.3) is 0 Å². The molecule has 1 aliphatic rings. The monoisotopic (exact) mass is 256 g/mol. The van der Waals surface area contributed by atoms with Crippen molar-refractivity contribution in [3.63, 3.8) is 0 Å². The molecular formula is C14H24O4. The lowest BCUT2D eigenvalue weighted by atomic mass is 9.79. The minimum atomic E-state index is -0.874. The second-order valence-corrected chi connectivity index (χ2v) is 5.23. The van der Waals surface area contributed by atoms with Crippen LogP contribution in [0, 0.1) is 17.8 Å². The fourth-order valence-electron chi connectivity index (χ4n) is 2.74. The second-order valence-electron chi connectivity index (χ2n) is 5.23. The van der Waals surface area contributed by atoms with Crippen molar-refractivity contribution < 1.29 is 19.4 Å². The van der Waals surface area contributed by atoms with Gasteiger partial charge in [0.1, 0.15) is 0 Å². The predicted molar refractivity (Wildman–Crippen MR) is 68.1 cm³/mol. The van der Waals surface area contributed by atoms with Gasteiger partial charge in [0, 0.05) is 0 Å². The molecule has 1 N–H and O–H groups in total. The molecule has 0 aromatic heterocycles. The smallest absolute Gasteiger partial charge is 0.309 e. The Kier molecular flexibility index (Phi) is 6.16. The van der Waals surface area contributed by atoms with Crippen LogP contribution in [0.2, 0.25) is 0 Å². The molecule has 0 bridgehead atoms. The summed E-state index contributed by atoms with van der Waals surface area (Å²) in [5.74, 6) is -1.96. The van der Waals surface area contributed by atoms with Crippen LogP contribution < -0.4 is 0 Å². The van der Waals surface area contributed by atoms with Gasteiger partial charge in [0.2, 0.25) is 0 Å². The van der Waals surface area contributed by atoms with E-state index >= 15 is 0 Å². The number of carboxylic acids is 1. The summed E-state index contributed by atoms with van der Waals surface area (Å²) in [6.07, 6.45) is 6.42. The summed E-state index contributed by atoms with van der Waals surface area (Å²) in [5, 5.41) is 9.28. The van der Waals surface area contributed by atoms with Crippen molar-refractivity contribution in [1.29, 1.82) is 0 Å². The first-order valence-electron chi connectivity index (χ1n) is 6.95. The minimum Gasteiger partial charge on any atom is -0.481 e. The Bertz CT molecular complexity index is 282. The number of carbonyl (C=O) groups is 2. The summed E-state index contributed by atoms with van der Waals surface area (Å²) in [5.41, 5.74) is 0. The molecule has 4 nitrogen and oxygen atoms in total. The molecule has 0 aromatic rings. The fourth-order valence-corrected chi connectivity index (χ4v) is 2.74. The van der Waals surface area contributed by atoms with Crippen LogP contribution in [0.4, 0.5) is 0 Å². The van der Waals surface area contributed by atoms with Gasteiger partial charge in [-0.2, -0.15) is 0 Å². The number of ether oxygens (including phenoxy) is 1. The van der Waals surface area contributed by atoms with E-state index in [4.69, 9.17) is 4.74 Å². The van der Waals surface area contributed by atoms with Crippen molar-refractivity contribution >= 4 is 11.9 Å². The van der Waals surface area contributed by atoms with Crippen molar-refractivity contribution in [3.8, 4) is 0 Å². The zero-order chi connectivity index (χ0) is 13.5. The third kappa shape index (κ3) is 4.31. The van der Waals surface area contributed by atoms with Crippen molar-refractivity contribution in [2.75, 3.05) is 6.61 Å². The molecule has 0 aliphatic heterocycles. The molecular weight excluding hydrogens is 232 g/mol. The van der Waals surface area contributed by atoms with Gasteiger partial charge < -0.3 is 9.84 Å². The van der Waals surface area contributed by atoms with Gasteiger partial charge in [-0.3, -0.25) is 9.59 Å². The molecule has 1 fully saturated rings. The van der Waals surface area contributed by atoms with Gasteiger partial charge in [-0.05, 0) is 19.3 Å². The van der Waals surface area contributed by atoms with Crippen LogP contribution in [0.25, 0.3) is 0 Å². The van der Waals surface area contributed by atoms with Crippen LogP contribution in [-0.2, 0) is 14.3 Å². The van der Waals surface area contributed by atoms with Crippen LogP contribution in [0.5, 0.6) is 0 Å². The van der Waals surface area contributed by atoms with Gasteiger partial charge in [-0.15, -0.1) is 0 Å². The third-order valence-corrected chi connectivity index (χ3v) is 3.89.